The van der Waals surface area contributed by atoms with E-state index in [1.54, 1.807) is 0 Å². The Morgan fingerprint density at radius 1 is 1.44 bits per heavy atom. The number of hydrogen-bond donors (Lipinski definition) is 2. The number of rotatable bonds is 4. The molecule has 18 heavy (non-hydrogen) atoms. The highest BCUT2D eigenvalue weighted by Gasteiger charge is 2.32. The van der Waals surface area contributed by atoms with Crippen LogP contribution in [0.4, 0.5) is 5.69 Å². The van der Waals surface area contributed by atoms with Gasteiger partial charge in [0.2, 0.25) is 0 Å². The Bertz CT molecular complexity index is 394. The van der Waals surface area contributed by atoms with Crippen LogP contribution in [0.1, 0.15) is 38.3 Å². The first-order valence-corrected chi connectivity index (χ1v) is 6.91. The number of hydrogen-bond acceptors (Lipinski definition) is 3. The third kappa shape index (κ3) is 2.38. The number of para-hydroxylation sites is 1. The summed E-state index contributed by atoms with van der Waals surface area (Å²) in [6.45, 7) is 5.55. The Kier molecular flexibility index (Phi) is 4.25. The molecule has 0 aromatic heterocycles. The van der Waals surface area contributed by atoms with E-state index in [9.17, 15) is 5.11 Å². The number of aliphatic hydroxyl groups is 1. The van der Waals surface area contributed by atoms with Gasteiger partial charge < -0.3 is 15.7 Å². The van der Waals surface area contributed by atoms with Crippen LogP contribution in [0.5, 0.6) is 0 Å². The van der Waals surface area contributed by atoms with Crippen LogP contribution < -0.4 is 10.6 Å². The topological polar surface area (TPSA) is 49.5 Å². The maximum absolute atomic E-state index is 9.58. The molecule has 0 saturated carbocycles. The molecule has 2 unspecified atom stereocenters. The second kappa shape index (κ2) is 5.72. The lowest BCUT2D eigenvalue weighted by Crippen LogP contribution is -2.36. The highest BCUT2D eigenvalue weighted by Crippen LogP contribution is 2.34. The van der Waals surface area contributed by atoms with Gasteiger partial charge in [-0.2, -0.15) is 0 Å². The summed E-state index contributed by atoms with van der Waals surface area (Å²) < 4.78 is 0. The van der Waals surface area contributed by atoms with Crippen LogP contribution >= 0.6 is 0 Å². The van der Waals surface area contributed by atoms with Crippen molar-refractivity contribution in [2.45, 2.75) is 38.8 Å². The highest BCUT2D eigenvalue weighted by molar-refractivity contribution is 5.56. The second-order valence-corrected chi connectivity index (χ2v) is 5.28. The SMILES string of the molecule is CC[C@@H](N)c1ccccc1N1CCC(C)C1CO. The minimum atomic E-state index is 0.0800. The molecule has 1 heterocycles. The Morgan fingerprint density at radius 3 is 2.83 bits per heavy atom. The molecule has 3 N–H and O–H groups in total. The first-order chi connectivity index (χ1) is 8.69. The van der Waals surface area contributed by atoms with E-state index in [0.29, 0.717) is 5.92 Å². The summed E-state index contributed by atoms with van der Waals surface area (Å²) in [6, 6.07) is 8.65. The van der Waals surface area contributed by atoms with Crippen molar-refractivity contribution in [3.8, 4) is 0 Å². The molecule has 1 aromatic rings. The fourth-order valence-corrected chi connectivity index (χ4v) is 2.87. The molecule has 0 bridgehead atoms. The van der Waals surface area contributed by atoms with Gasteiger partial charge in [-0.05, 0) is 30.4 Å². The molecule has 1 aliphatic heterocycles. The Morgan fingerprint density at radius 2 is 2.17 bits per heavy atom. The van der Waals surface area contributed by atoms with Gasteiger partial charge in [-0.1, -0.05) is 32.0 Å². The zero-order valence-electron chi connectivity index (χ0n) is 11.3. The van der Waals surface area contributed by atoms with E-state index < -0.39 is 0 Å². The quantitative estimate of drug-likeness (QED) is 0.859. The predicted molar refractivity (Wildman–Crippen MR) is 75.7 cm³/mol. The van der Waals surface area contributed by atoms with Crippen molar-refractivity contribution in [3.05, 3.63) is 29.8 Å². The van der Waals surface area contributed by atoms with E-state index in [-0.39, 0.29) is 18.7 Å². The lowest BCUT2D eigenvalue weighted by molar-refractivity contribution is 0.244. The van der Waals surface area contributed by atoms with Gasteiger partial charge in [-0.15, -0.1) is 0 Å². The van der Waals surface area contributed by atoms with E-state index in [1.807, 2.05) is 6.07 Å². The second-order valence-electron chi connectivity index (χ2n) is 5.28. The van der Waals surface area contributed by atoms with Crippen molar-refractivity contribution >= 4 is 5.69 Å². The fourth-order valence-electron chi connectivity index (χ4n) is 2.87. The zero-order valence-corrected chi connectivity index (χ0v) is 11.3. The zero-order chi connectivity index (χ0) is 13.1. The summed E-state index contributed by atoms with van der Waals surface area (Å²) in [7, 11) is 0. The van der Waals surface area contributed by atoms with E-state index in [1.165, 1.54) is 11.3 Å². The molecule has 0 aliphatic carbocycles. The third-order valence-electron chi connectivity index (χ3n) is 4.16. The van der Waals surface area contributed by atoms with Crippen LogP contribution in [0.15, 0.2) is 24.3 Å². The molecule has 0 spiro atoms. The fraction of sp³-hybridized carbons (Fsp3) is 0.600. The summed E-state index contributed by atoms with van der Waals surface area (Å²) in [5.74, 6) is 0.543. The first-order valence-electron chi connectivity index (χ1n) is 6.91. The Labute approximate surface area is 110 Å². The highest BCUT2D eigenvalue weighted by atomic mass is 16.3. The van der Waals surface area contributed by atoms with Crippen LogP contribution in [0.25, 0.3) is 0 Å². The predicted octanol–water partition coefficient (Wildman–Crippen LogP) is 2.30. The molecule has 0 amide bonds. The Hall–Kier alpha value is -1.06. The normalized spacial score (nSPS) is 25.4. The number of nitrogens with zero attached hydrogens (tertiary/aromatic N) is 1. The lowest BCUT2D eigenvalue weighted by atomic mass is 10.0. The molecule has 1 aromatic carbocycles. The summed E-state index contributed by atoms with van der Waals surface area (Å²) in [6.07, 6.45) is 2.07. The van der Waals surface area contributed by atoms with Gasteiger partial charge in [0.1, 0.15) is 0 Å². The van der Waals surface area contributed by atoms with E-state index in [0.717, 1.165) is 19.4 Å². The van der Waals surface area contributed by atoms with Crippen molar-refractivity contribution in [2.24, 2.45) is 11.7 Å². The van der Waals surface area contributed by atoms with Crippen LogP contribution in [0.2, 0.25) is 0 Å². The van der Waals surface area contributed by atoms with E-state index in [4.69, 9.17) is 5.73 Å². The van der Waals surface area contributed by atoms with Crippen molar-refractivity contribution in [1.29, 1.82) is 0 Å². The summed E-state index contributed by atoms with van der Waals surface area (Å²) in [4.78, 5) is 2.33. The van der Waals surface area contributed by atoms with Crippen molar-refractivity contribution < 1.29 is 5.11 Å². The molecule has 1 fully saturated rings. The molecular weight excluding hydrogens is 224 g/mol. The molecule has 0 radical (unpaired) electrons. The largest absolute Gasteiger partial charge is 0.394 e. The van der Waals surface area contributed by atoms with Crippen molar-refractivity contribution in [1.82, 2.24) is 0 Å². The minimum absolute atomic E-state index is 0.0800. The standard InChI is InChI=1S/C15H24N2O/c1-3-13(16)12-6-4-5-7-14(12)17-9-8-11(2)15(17)10-18/h4-7,11,13,15,18H,3,8-10,16H2,1-2H3/t11?,13-,15?/m1/s1. The lowest BCUT2D eigenvalue weighted by Gasteiger charge is -2.30. The van der Waals surface area contributed by atoms with Gasteiger partial charge in [0.25, 0.3) is 0 Å². The van der Waals surface area contributed by atoms with E-state index >= 15 is 0 Å². The van der Waals surface area contributed by atoms with Crippen LogP contribution in [0, 0.1) is 5.92 Å². The summed E-state index contributed by atoms with van der Waals surface area (Å²) >= 11 is 0. The van der Waals surface area contributed by atoms with Gasteiger partial charge >= 0.3 is 0 Å². The van der Waals surface area contributed by atoms with Crippen molar-refractivity contribution in [2.75, 3.05) is 18.1 Å². The van der Waals surface area contributed by atoms with Gasteiger partial charge in [0, 0.05) is 18.3 Å². The van der Waals surface area contributed by atoms with Crippen LogP contribution in [-0.4, -0.2) is 24.3 Å². The van der Waals surface area contributed by atoms with E-state index in [2.05, 4.69) is 36.9 Å². The monoisotopic (exact) mass is 248 g/mol. The first kappa shape index (κ1) is 13.4. The minimum Gasteiger partial charge on any atom is -0.394 e. The molecule has 2 rings (SSSR count). The number of benzene rings is 1. The molecule has 3 heteroatoms. The number of nitrogens with two attached hydrogens (primary N) is 1. The maximum atomic E-state index is 9.58. The van der Waals surface area contributed by atoms with Gasteiger partial charge in [-0.25, -0.2) is 0 Å². The molecule has 1 aliphatic rings. The summed E-state index contributed by atoms with van der Waals surface area (Å²) in [5, 5.41) is 9.58. The van der Waals surface area contributed by atoms with Crippen molar-refractivity contribution in [3.63, 3.8) is 0 Å². The molecule has 1 saturated heterocycles. The summed E-state index contributed by atoms with van der Waals surface area (Å²) in [5.41, 5.74) is 8.60. The Balaban J connectivity index is 2.33. The number of aliphatic hydroxyl groups excluding tert-OH is 1. The average Bonchev–Trinajstić information content (AvgIpc) is 2.78. The molecular formula is C15H24N2O. The molecule has 3 atom stereocenters. The van der Waals surface area contributed by atoms with Crippen LogP contribution in [0.3, 0.4) is 0 Å². The number of anilines is 1. The maximum Gasteiger partial charge on any atom is 0.0637 e. The van der Waals surface area contributed by atoms with Gasteiger partial charge in [0.05, 0.1) is 12.6 Å². The third-order valence-corrected chi connectivity index (χ3v) is 4.16. The average molecular weight is 248 g/mol. The van der Waals surface area contributed by atoms with Crippen LogP contribution in [-0.2, 0) is 0 Å². The molecule has 100 valence electrons. The molecule has 3 nitrogen and oxygen atoms in total. The smallest absolute Gasteiger partial charge is 0.0637 e. The van der Waals surface area contributed by atoms with Gasteiger partial charge in [-0.3, -0.25) is 0 Å². The van der Waals surface area contributed by atoms with Gasteiger partial charge in [0.15, 0.2) is 0 Å².